The molecule has 0 bridgehead atoms. The first-order valence-corrected chi connectivity index (χ1v) is 14.6. The van der Waals surface area contributed by atoms with Gasteiger partial charge in [0.25, 0.3) is 15.9 Å². The van der Waals surface area contributed by atoms with Gasteiger partial charge in [-0.05, 0) is 50.1 Å². The van der Waals surface area contributed by atoms with E-state index in [0.29, 0.717) is 58.9 Å². The van der Waals surface area contributed by atoms with Crippen molar-refractivity contribution in [2.45, 2.75) is 32.3 Å². The zero-order valence-corrected chi connectivity index (χ0v) is 23.1. The molecule has 0 N–H and O–H groups in total. The van der Waals surface area contributed by atoms with E-state index in [4.69, 9.17) is 0 Å². The van der Waals surface area contributed by atoms with E-state index in [9.17, 15) is 13.2 Å². The average molecular weight is 538 g/mol. The standard InChI is InChI=1S/C27H35N7O3S/c1-4-33-20-23(27(35)32-13-11-31(12-14-32)25-7-5-6-10-28-25)26(29-33)38(36,37)34-17-15-30(16-18-34)24-19-21(2)8-9-22(24)3/h5-10,19-20H,4,11-18H2,1-3H3. The monoisotopic (exact) mass is 537 g/mol. The van der Waals surface area contributed by atoms with Gasteiger partial charge in [0, 0.05) is 77.0 Å². The quantitative estimate of drug-likeness (QED) is 0.477. The van der Waals surface area contributed by atoms with E-state index in [1.54, 1.807) is 17.3 Å². The predicted octanol–water partition coefficient (Wildman–Crippen LogP) is 2.39. The van der Waals surface area contributed by atoms with E-state index < -0.39 is 10.0 Å². The van der Waals surface area contributed by atoms with Crippen molar-refractivity contribution >= 4 is 27.4 Å². The van der Waals surface area contributed by atoms with Gasteiger partial charge in [-0.2, -0.15) is 9.40 Å². The van der Waals surface area contributed by atoms with Gasteiger partial charge in [-0.1, -0.05) is 18.2 Å². The molecule has 0 atom stereocenters. The van der Waals surface area contributed by atoms with E-state index >= 15 is 0 Å². The van der Waals surface area contributed by atoms with Crippen molar-refractivity contribution in [3.05, 3.63) is 65.5 Å². The van der Waals surface area contributed by atoms with Crippen LogP contribution in [0.25, 0.3) is 0 Å². The fourth-order valence-electron chi connectivity index (χ4n) is 5.10. The summed E-state index contributed by atoms with van der Waals surface area (Å²) in [7, 11) is -3.94. The van der Waals surface area contributed by atoms with Crippen molar-refractivity contribution in [3.8, 4) is 0 Å². The van der Waals surface area contributed by atoms with Crippen LogP contribution in [0.15, 0.2) is 53.8 Å². The van der Waals surface area contributed by atoms with Gasteiger partial charge in [0.2, 0.25) is 5.03 Å². The maximum absolute atomic E-state index is 13.8. The first kappa shape index (κ1) is 26.2. The highest BCUT2D eigenvalue weighted by molar-refractivity contribution is 7.89. The van der Waals surface area contributed by atoms with E-state index in [-0.39, 0.29) is 16.5 Å². The highest BCUT2D eigenvalue weighted by Gasteiger charge is 2.36. The van der Waals surface area contributed by atoms with Crippen molar-refractivity contribution in [2.24, 2.45) is 0 Å². The number of benzene rings is 1. The number of nitrogens with zero attached hydrogens (tertiary/aromatic N) is 7. The van der Waals surface area contributed by atoms with E-state index in [0.717, 1.165) is 11.5 Å². The second kappa shape index (κ2) is 10.7. The minimum atomic E-state index is -3.94. The summed E-state index contributed by atoms with van der Waals surface area (Å²) < 4.78 is 30.5. The second-order valence-electron chi connectivity index (χ2n) is 9.85. The summed E-state index contributed by atoms with van der Waals surface area (Å²) in [6.07, 6.45) is 3.33. The van der Waals surface area contributed by atoms with Crippen LogP contribution in [0.1, 0.15) is 28.4 Å². The highest BCUT2D eigenvalue weighted by Crippen LogP contribution is 2.26. The Labute approximate surface area is 224 Å². The van der Waals surface area contributed by atoms with E-state index in [1.807, 2.05) is 25.1 Å². The highest BCUT2D eigenvalue weighted by atomic mass is 32.2. The summed E-state index contributed by atoms with van der Waals surface area (Å²) in [4.78, 5) is 24.0. The molecule has 38 heavy (non-hydrogen) atoms. The average Bonchev–Trinajstić information content (AvgIpc) is 3.40. The number of aryl methyl sites for hydroxylation is 3. The first-order chi connectivity index (χ1) is 18.3. The Hall–Kier alpha value is -3.44. The summed E-state index contributed by atoms with van der Waals surface area (Å²) in [5, 5.41) is 4.22. The van der Waals surface area contributed by atoms with E-state index in [1.165, 1.54) is 20.1 Å². The van der Waals surface area contributed by atoms with Gasteiger partial charge in [0.05, 0.1) is 5.56 Å². The van der Waals surface area contributed by atoms with Crippen LogP contribution in [0.4, 0.5) is 11.5 Å². The van der Waals surface area contributed by atoms with Crippen molar-refractivity contribution < 1.29 is 13.2 Å². The topological polar surface area (TPSA) is 94.9 Å². The van der Waals surface area contributed by atoms with Crippen LogP contribution >= 0.6 is 0 Å². The molecule has 0 saturated carbocycles. The molecule has 2 fully saturated rings. The lowest BCUT2D eigenvalue weighted by atomic mass is 10.1. The molecule has 5 rings (SSSR count). The Morgan fingerprint density at radius 3 is 2.29 bits per heavy atom. The molecule has 1 amide bonds. The van der Waals surface area contributed by atoms with E-state index in [2.05, 4.69) is 51.9 Å². The van der Waals surface area contributed by atoms with Crippen molar-refractivity contribution in [1.29, 1.82) is 0 Å². The number of carbonyl (C=O) groups excluding carboxylic acids is 1. The summed E-state index contributed by atoms with van der Waals surface area (Å²) >= 11 is 0. The van der Waals surface area contributed by atoms with Crippen LogP contribution in [0.2, 0.25) is 0 Å². The molecule has 202 valence electrons. The summed E-state index contributed by atoms with van der Waals surface area (Å²) in [6, 6.07) is 12.1. The maximum atomic E-state index is 13.8. The van der Waals surface area contributed by atoms with Crippen LogP contribution in [0.3, 0.4) is 0 Å². The maximum Gasteiger partial charge on any atom is 0.263 e. The number of carbonyl (C=O) groups is 1. The third kappa shape index (κ3) is 5.12. The Morgan fingerprint density at radius 2 is 1.63 bits per heavy atom. The molecular formula is C27H35N7O3S. The molecule has 1 aromatic carbocycles. The summed E-state index contributed by atoms with van der Waals surface area (Å²) in [6.45, 7) is 10.6. The van der Waals surface area contributed by atoms with Crippen LogP contribution in [-0.4, -0.2) is 90.7 Å². The zero-order valence-electron chi connectivity index (χ0n) is 22.2. The molecule has 2 aliphatic heterocycles. The van der Waals surface area contributed by atoms with Crippen molar-refractivity contribution in [1.82, 2.24) is 24.0 Å². The second-order valence-corrected chi connectivity index (χ2v) is 11.7. The number of aromatic nitrogens is 3. The number of piperazine rings is 2. The third-order valence-electron chi connectivity index (χ3n) is 7.35. The lowest BCUT2D eigenvalue weighted by Gasteiger charge is -2.36. The molecule has 0 unspecified atom stereocenters. The van der Waals surface area contributed by atoms with Gasteiger partial charge in [0.1, 0.15) is 5.82 Å². The van der Waals surface area contributed by atoms with Crippen LogP contribution in [0, 0.1) is 13.8 Å². The van der Waals surface area contributed by atoms with Gasteiger partial charge < -0.3 is 14.7 Å². The molecular weight excluding hydrogens is 502 g/mol. The Bertz CT molecular complexity index is 1390. The van der Waals surface area contributed by atoms with Gasteiger partial charge in [-0.15, -0.1) is 0 Å². The third-order valence-corrected chi connectivity index (χ3v) is 9.19. The molecule has 11 heteroatoms. The van der Waals surface area contributed by atoms with Crippen molar-refractivity contribution in [3.63, 3.8) is 0 Å². The molecule has 2 saturated heterocycles. The van der Waals surface area contributed by atoms with Gasteiger partial charge >= 0.3 is 0 Å². The molecule has 0 aliphatic carbocycles. The predicted molar refractivity (Wildman–Crippen MR) is 147 cm³/mol. The van der Waals surface area contributed by atoms with Crippen LogP contribution < -0.4 is 9.80 Å². The summed E-state index contributed by atoms with van der Waals surface area (Å²) in [5.74, 6) is 0.583. The van der Waals surface area contributed by atoms with Crippen LogP contribution in [-0.2, 0) is 16.6 Å². The zero-order chi connectivity index (χ0) is 26.9. The minimum absolute atomic E-state index is 0.142. The largest absolute Gasteiger partial charge is 0.369 e. The molecule has 10 nitrogen and oxygen atoms in total. The fraction of sp³-hybridized carbons (Fsp3) is 0.444. The number of rotatable bonds is 6. The molecule has 2 aromatic heterocycles. The first-order valence-electron chi connectivity index (χ1n) is 13.1. The number of pyridine rings is 1. The number of anilines is 2. The number of sulfonamides is 1. The molecule has 3 aromatic rings. The smallest absolute Gasteiger partial charge is 0.263 e. The number of hydrogen-bond donors (Lipinski definition) is 0. The lowest BCUT2D eigenvalue weighted by Crippen LogP contribution is -2.50. The number of amides is 1. The Kier molecular flexibility index (Phi) is 7.40. The minimum Gasteiger partial charge on any atom is -0.369 e. The van der Waals surface area contributed by atoms with Gasteiger partial charge in [-0.25, -0.2) is 13.4 Å². The fourth-order valence-corrected chi connectivity index (χ4v) is 6.62. The molecule has 0 radical (unpaired) electrons. The molecule has 0 spiro atoms. The summed E-state index contributed by atoms with van der Waals surface area (Å²) in [5.41, 5.74) is 3.63. The van der Waals surface area contributed by atoms with Crippen LogP contribution in [0.5, 0.6) is 0 Å². The van der Waals surface area contributed by atoms with Gasteiger partial charge in [0.15, 0.2) is 0 Å². The molecule has 4 heterocycles. The Balaban J connectivity index is 1.31. The normalized spacial score (nSPS) is 17.2. The number of hydrogen-bond acceptors (Lipinski definition) is 7. The lowest BCUT2D eigenvalue weighted by molar-refractivity contribution is 0.0742. The SMILES string of the molecule is CCn1cc(C(=O)N2CCN(c3ccccn3)CC2)c(S(=O)(=O)N2CCN(c3cc(C)ccc3C)CC2)n1. The Morgan fingerprint density at radius 1 is 0.921 bits per heavy atom. The van der Waals surface area contributed by atoms with Gasteiger partial charge in [-0.3, -0.25) is 9.48 Å². The van der Waals surface area contributed by atoms with Crippen molar-refractivity contribution in [2.75, 3.05) is 62.2 Å². The molecule has 2 aliphatic rings.